The van der Waals surface area contributed by atoms with Crippen molar-refractivity contribution in [2.45, 2.75) is 25.8 Å². The van der Waals surface area contributed by atoms with Crippen LogP contribution in [0.2, 0.25) is 0 Å². The van der Waals surface area contributed by atoms with Crippen molar-refractivity contribution in [3.8, 4) is 5.69 Å². The number of rotatable bonds is 3. The van der Waals surface area contributed by atoms with Crippen molar-refractivity contribution in [3.05, 3.63) is 41.7 Å². The van der Waals surface area contributed by atoms with E-state index < -0.39 is 11.6 Å². The number of imidazole rings is 1. The van der Waals surface area contributed by atoms with Crippen molar-refractivity contribution >= 4 is 5.95 Å². The molecule has 94 valence electrons. The third-order valence-corrected chi connectivity index (χ3v) is 2.86. The number of hydrogen-bond donors (Lipinski definition) is 1. The summed E-state index contributed by atoms with van der Waals surface area (Å²) in [5.41, 5.74) is 1.25. The van der Waals surface area contributed by atoms with Gasteiger partial charge in [0, 0.05) is 18.3 Å². The average molecular weight is 249 g/mol. The lowest BCUT2D eigenvalue weighted by Gasteiger charge is -2.09. The van der Waals surface area contributed by atoms with Crippen molar-refractivity contribution in [1.82, 2.24) is 9.55 Å². The highest BCUT2D eigenvalue weighted by Gasteiger charge is 2.23. The van der Waals surface area contributed by atoms with E-state index in [9.17, 15) is 8.78 Å². The molecule has 3 nitrogen and oxygen atoms in total. The standard InChI is InChI=1S/C13H13F2N3/c1-8-7-18(13(16-8)17-11-2-3-11)12-5-9(14)4-10(15)6-12/h4-7,11H,2-3H2,1H3,(H,16,17). The van der Waals surface area contributed by atoms with Gasteiger partial charge >= 0.3 is 0 Å². The van der Waals surface area contributed by atoms with Crippen LogP contribution in [-0.2, 0) is 0 Å². The Morgan fingerprint density at radius 2 is 1.89 bits per heavy atom. The van der Waals surface area contributed by atoms with Gasteiger partial charge in [0.1, 0.15) is 11.6 Å². The van der Waals surface area contributed by atoms with Crippen LogP contribution in [0.1, 0.15) is 18.5 Å². The van der Waals surface area contributed by atoms with Crippen LogP contribution in [0.25, 0.3) is 5.69 Å². The molecule has 1 aliphatic rings. The molecule has 0 amide bonds. The second-order valence-electron chi connectivity index (χ2n) is 4.62. The molecule has 0 radical (unpaired) electrons. The lowest BCUT2D eigenvalue weighted by molar-refractivity contribution is 0.581. The number of nitrogens with zero attached hydrogens (tertiary/aromatic N) is 2. The van der Waals surface area contributed by atoms with Gasteiger partial charge in [0.2, 0.25) is 5.95 Å². The SMILES string of the molecule is Cc1cn(-c2cc(F)cc(F)c2)c(NC2CC2)n1. The van der Waals surface area contributed by atoms with Crippen molar-refractivity contribution in [2.75, 3.05) is 5.32 Å². The summed E-state index contributed by atoms with van der Waals surface area (Å²) in [6.45, 7) is 1.85. The van der Waals surface area contributed by atoms with Crippen LogP contribution >= 0.6 is 0 Å². The first kappa shape index (κ1) is 11.2. The quantitative estimate of drug-likeness (QED) is 0.906. The number of aryl methyl sites for hydroxylation is 1. The van der Waals surface area contributed by atoms with E-state index in [-0.39, 0.29) is 0 Å². The number of anilines is 1. The molecular formula is C13H13F2N3. The predicted molar refractivity (Wildman–Crippen MR) is 64.9 cm³/mol. The van der Waals surface area contributed by atoms with Gasteiger partial charge < -0.3 is 5.32 Å². The molecule has 0 bridgehead atoms. The van der Waals surface area contributed by atoms with Crippen molar-refractivity contribution in [2.24, 2.45) is 0 Å². The van der Waals surface area contributed by atoms with E-state index in [0.717, 1.165) is 24.6 Å². The van der Waals surface area contributed by atoms with Crippen LogP contribution in [0.3, 0.4) is 0 Å². The highest BCUT2D eigenvalue weighted by molar-refractivity contribution is 5.44. The van der Waals surface area contributed by atoms with E-state index >= 15 is 0 Å². The lowest BCUT2D eigenvalue weighted by atomic mass is 10.3. The molecule has 5 heteroatoms. The summed E-state index contributed by atoms with van der Waals surface area (Å²) in [5, 5.41) is 3.25. The van der Waals surface area contributed by atoms with E-state index in [2.05, 4.69) is 10.3 Å². The maximum atomic E-state index is 13.2. The highest BCUT2D eigenvalue weighted by atomic mass is 19.1. The largest absolute Gasteiger partial charge is 0.353 e. The third-order valence-electron chi connectivity index (χ3n) is 2.86. The van der Waals surface area contributed by atoms with Gasteiger partial charge in [-0.2, -0.15) is 0 Å². The molecule has 0 saturated heterocycles. The molecule has 1 aromatic carbocycles. The molecule has 1 aliphatic carbocycles. The summed E-state index contributed by atoms with van der Waals surface area (Å²) < 4.78 is 28.1. The molecule has 2 aromatic rings. The minimum absolute atomic E-state index is 0.434. The van der Waals surface area contributed by atoms with Crippen LogP contribution in [0.4, 0.5) is 14.7 Å². The zero-order valence-electron chi connectivity index (χ0n) is 9.95. The van der Waals surface area contributed by atoms with Crippen LogP contribution in [0.15, 0.2) is 24.4 Å². The molecule has 1 N–H and O–H groups in total. The van der Waals surface area contributed by atoms with Crippen LogP contribution in [0.5, 0.6) is 0 Å². The van der Waals surface area contributed by atoms with Gasteiger partial charge in [-0.15, -0.1) is 0 Å². The minimum Gasteiger partial charge on any atom is -0.353 e. The van der Waals surface area contributed by atoms with Gasteiger partial charge in [0.15, 0.2) is 0 Å². The summed E-state index contributed by atoms with van der Waals surface area (Å²) in [7, 11) is 0. The van der Waals surface area contributed by atoms with Crippen LogP contribution in [0, 0.1) is 18.6 Å². The molecule has 3 rings (SSSR count). The molecule has 18 heavy (non-hydrogen) atoms. The van der Waals surface area contributed by atoms with Crippen LogP contribution < -0.4 is 5.32 Å². The monoisotopic (exact) mass is 249 g/mol. The first-order valence-electron chi connectivity index (χ1n) is 5.91. The summed E-state index contributed by atoms with van der Waals surface area (Å²) in [4.78, 5) is 4.33. The Morgan fingerprint density at radius 1 is 1.22 bits per heavy atom. The zero-order valence-corrected chi connectivity index (χ0v) is 9.95. The number of nitrogens with one attached hydrogen (secondary N) is 1. The zero-order chi connectivity index (χ0) is 12.7. The molecule has 0 atom stereocenters. The van der Waals surface area contributed by atoms with Crippen molar-refractivity contribution < 1.29 is 8.78 Å². The Kier molecular flexibility index (Phi) is 2.54. The molecule has 1 saturated carbocycles. The normalized spacial score (nSPS) is 14.8. The van der Waals surface area contributed by atoms with Crippen LogP contribution in [-0.4, -0.2) is 15.6 Å². The first-order valence-corrected chi connectivity index (χ1v) is 5.91. The van der Waals surface area contributed by atoms with Gasteiger partial charge in [-0.05, 0) is 31.9 Å². The first-order chi connectivity index (χ1) is 8.61. The molecule has 0 unspecified atom stereocenters. The fourth-order valence-electron chi connectivity index (χ4n) is 1.89. The summed E-state index contributed by atoms with van der Waals surface area (Å²) in [6.07, 6.45) is 3.99. The second-order valence-corrected chi connectivity index (χ2v) is 4.62. The van der Waals surface area contributed by atoms with E-state index in [0.29, 0.717) is 17.7 Å². The molecule has 1 fully saturated rings. The predicted octanol–water partition coefficient (Wildman–Crippen LogP) is 3.03. The molecular weight excluding hydrogens is 236 g/mol. The summed E-state index contributed by atoms with van der Waals surface area (Å²) in [5.74, 6) is -0.539. The maximum absolute atomic E-state index is 13.2. The Morgan fingerprint density at radius 3 is 2.50 bits per heavy atom. The van der Waals surface area contributed by atoms with Gasteiger partial charge in [0.25, 0.3) is 0 Å². The Hall–Kier alpha value is -1.91. The minimum atomic E-state index is -0.589. The van der Waals surface area contributed by atoms with E-state index in [4.69, 9.17) is 0 Å². The van der Waals surface area contributed by atoms with E-state index in [1.807, 2.05) is 6.92 Å². The van der Waals surface area contributed by atoms with Gasteiger partial charge in [-0.3, -0.25) is 4.57 Å². The Bertz CT molecular complexity index is 568. The lowest BCUT2D eigenvalue weighted by Crippen LogP contribution is -2.08. The van der Waals surface area contributed by atoms with Crippen molar-refractivity contribution in [3.63, 3.8) is 0 Å². The molecule has 1 heterocycles. The Labute approximate surface area is 103 Å². The molecule has 0 spiro atoms. The topological polar surface area (TPSA) is 29.9 Å². The van der Waals surface area contributed by atoms with Gasteiger partial charge in [-0.25, -0.2) is 13.8 Å². The van der Waals surface area contributed by atoms with E-state index in [1.165, 1.54) is 12.1 Å². The number of aromatic nitrogens is 2. The second kappa shape index (κ2) is 4.08. The number of benzene rings is 1. The summed E-state index contributed by atoms with van der Waals surface area (Å²) >= 11 is 0. The molecule has 1 aromatic heterocycles. The number of hydrogen-bond acceptors (Lipinski definition) is 2. The fraction of sp³-hybridized carbons (Fsp3) is 0.308. The van der Waals surface area contributed by atoms with E-state index in [1.54, 1.807) is 10.8 Å². The molecule has 0 aliphatic heterocycles. The highest BCUT2D eigenvalue weighted by Crippen LogP contribution is 2.26. The van der Waals surface area contributed by atoms with Gasteiger partial charge in [-0.1, -0.05) is 0 Å². The van der Waals surface area contributed by atoms with Gasteiger partial charge in [0.05, 0.1) is 11.4 Å². The maximum Gasteiger partial charge on any atom is 0.207 e. The third kappa shape index (κ3) is 2.20. The average Bonchev–Trinajstić information content (AvgIpc) is 3.00. The van der Waals surface area contributed by atoms with Crippen molar-refractivity contribution in [1.29, 1.82) is 0 Å². The number of halogens is 2. The summed E-state index contributed by atoms with van der Waals surface area (Å²) in [6, 6.07) is 3.88. The Balaban J connectivity index is 2.03. The smallest absolute Gasteiger partial charge is 0.207 e. The fourth-order valence-corrected chi connectivity index (χ4v) is 1.89.